The lowest BCUT2D eigenvalue weighted by molar-refractivity contribution is -0.402. The highest BCUT2D eigenvalue weighted by Gasteiger charge is 2.09. The molecule has 6 nitrogen and oxygen atoms in total. The van der Waals surface area contributed by atoms with Crippen LogP contribution < -0.4 is 0 Å². The van der Waals surface area contributed by atoms with Crippen LogP contribution in [-0.4, -0.2) is 16.0 Å². The summed E-state index contributed by atoms with van der Waals surface area (Å²) in [5.41, 5.74) is 0. The van der Waals surface area contributed by atoms with Gasteiger partial charge in [0.25, 0.3) is 0 Å². The highest BCUT2D eigenvalue weighted by atomic mass is 16.6. The fourth-order valence-corrected chi connectivity index (χ4v) is 0.683. The van der Waals surface area contributed by atoms with Gasteiger partial charge in [0.05, 0.1) is 6.07 Å². The lowest BCUT2D eigenvalue weighted by atomic mass is 10.4. The van der Waals surface area contributed by atoms with Gasteiger partial charge in [0.1, 0.15) is 10.7 Å². The topological polar surface area (TPSA) is 93.6 Å². The Morgan fingerprint density at radius 3 is 2.77 bits per heavy atom. The number of hydrogen-bond donors (Lipinski definition) is 1. The number of aliphatic carboxylic acids is 1. The van der Waals surface area contributed by atoms with Crippen LogP contribution in [-0.2, 0) is 4.79 Å². The van der Waals surface area contributed by atoms with Gasteiger partial charge >= 0.3 is 11.9 Å². The molecule has 68 valence electrons. The van der Waals surface area contributed by atoms with Crippen LogP contribution in [0.25, 0.3) is 6.08 Å². The first kappa shape index (κ1) is 8.98. The summed E-state index contributed by atoms with van der Waals surface area (Å²) in [4.78, 5) is 19.5. The Hall–Kier alpha value is -2.11. The zero-order valence-corrected chi connectivity index (χ0v) is 6.34. The zero-order chi connectivity index (χ0) is 9.84. The summed E-state index contributed by atoms with van der Waals surface area (Å²) in [6.07, 6.45) is 1.97. The van der Waals surface area contributed by atoms with E-state index in [9.17, 15) is 14.9 Å². The van der Waals surface area contributed by atoms with Gasteiger partial charge in [0.2, 0.25) is 0 Å². The van der Waals surface area contributed by atoms with Crippen LogP contribution in [0.15, 0.2) is 22.6 Å². The largest absolute Gasteiger partial charge is 0.478 e. The van der Waals surface area contributed by atoms with Crippen molar-refractivity contribution in [3.05, 3.63) is 34.1 Å². The first-order valence-corrected chi connectivity index (χ1v) is 3.25. The maximum atomic E-state index is 10.1. The number of carbonyl (C=O) groups is 1. The van der Waals surface area contributed by atoms with E-state index in [1.54, 1.807) is 0 Å². The van der Waals surface area contributed by atoms with Crippen LogP contribution in [0.1, 0.15) is 5.76 Å². The molecule has 13 heavy (non-hydrogen) atoms. The Balaban J connectivity index is 2.80. The SMILES string of the molecule is O=C(O)C=Cc1ccc([N+](=O)[O-])o1. The quantitative estimate of drug-likeness (QED) is 0.432. The van der Waals surface area contributed by atoms with E-state index in [2.05, 4.69) is 4.42 Å². The van der Waals surface area contributed by atoms with E-state index < -0.39 is 16.8 Å². The van der Waals surface area contributed by atoms with Crippen molar-refractivity contribution < 1.29 is 19.2 Å². The molecule has 0 aliphatic carbocycles. The van der Waals surface area contributed by atoms with Crippen LogP contribution in [0, 0.1) is 10.1 Å². The van der Waals surface area contributed by atoms with Gasteiger partial charge in [-0.05, 0) is 12.1 Å². The second-order valence-corrected chi connectivity index (χ2v) is 2.10. The minimum Gasteiger partial charge on any atom is -0.478 e. The number of nitro groups is 1. The zero-order valence-electron chi connectivity index (χ0n) is 6.34. The van der Waals surface area contributed by atoms with Crippen molar-refractivity contribution in [1.29, 1.82) is 0 Å². The molecule has 0 spiro atoms. The van der Waals surface area contributed by atoms with E-state index in [4.69, 9.17) is 5.11 Å². The van der Waals surface area contributed by atoms with Gasteiger partial charge in [-0.15, -0.1) is 0 Å². The molecule has 0 atom stereocenters. The molecule has 6 heteroatoms. The van der Waals surface area contributed by atoms with E-state index >= 15 is 0 Å². The highest BCUT2D eigenvalue weighted by Crippen LogP contribution is 2.16. The summed E-state index contributed by atoms with van der Waals surface area (Å²) in [6, 6.07) is 2.47. The molecule has 0 bridgehead atoms. The predicted octanol–water partition coefficient (Wildman–Crippen LogP) is 1.29. The highest BCUT2D eigenvalue weighted by molar-refractivity contribution is 5.84. The fourth-order valence-electron chi connectivity index (χ4n) is 0.683. The molecular formula is C7H5NO5. The van der Waals surface area contributed by atoms with Gasteiger partial charge in [-0.3, -0.25) is 10.1 Å². The van der Waals surface area contributed by atoms with Crippen LogP contribution in [0.3, 0.4) is 0 Å². The van der Waals surface area contributed by atoms with Crippen molar-refractivity contribution in [2.75, 3.05) is 0 Å². The molecule has 0 aliphatic rings. The molecule has 0 saturated carbocycles. The number of nitrogens with zero attached hydrogens (tertiary/aromatic N) is 1. The molecule has 0 unspecified atom stereocenters. The third-order valence-electron chi connectivity index (χ3n) is 1.18. The molecule has 0 radical (unpaired) electrons. The maximum absolute atomic E-state index is 10.1. The first-order chi connectivity index (χ1) is 6.09. The molecule has 1 heterocycles. The van der Waals surface area contributed by atoms with Crippen molar-refractivity contribution in [1.82, 2.24) is 0 Å². The molecule has 0 amide bonds. The van der Waals surface area contributed by atoms with Gasteiger partial charge in [-0.25, -0.2) is 4.79 Å². The van der Waals surface area contributed by atoms with E-state index in [-0.39, 0.29) is 5.76 Å². The normalized spacial score (nSPS) is 10.5. The molecule has 0 aliphatic heterocycles. The number of furan rings is 1. The van der Waals surface area contributed by atoms with Crippen LogP contribution >= 0.6 is 0 Å². The Labute approximate surface area is 72.2 Å². The number of hydrogen-bond acceptors (Lipinski definition) is 4. The van der Waals surface area contributed by atoms with Crippen molar-refractivity contribution in [3.63, 3.8) is 0 Å². The number of carboxylic acid groups (broad SMARTS) is 1. The number of rotatable bonds is 3. The summed E-state index contributed by atoms with van der Waals surface area (Å²) in [5, 5.41) is 18.4. The average Bonchev–Trinajstić information content (AvgIpc) is 2.48. The van der Waals surface area contributed by atoms with Gasteiger partial charge in [0.15, 0.2) is 0 Å². The van der Waals surface area contributed by atoms with Crippen molar-refractivity contribution in [2.24, 2.45) is 0 Å². The summed E-state index contributed by atoms with van der Waals surface area (Å²) < 4.78 is 4.65. The van der Waals surface area contributed by atoms with Gasteiger partial charge in [-0.2, -0.15) is 0 Å². The van der Waals surface area contributed by atoms with Crippen molar-refractivity contribution in [3.8, 4) is 0 Å². The van der Waals surface area contributed by atoms with Gasteiger partial charge in [-0.1, -0.05) is 0 Å². The van der Waals surface area contributed by atoms with Gasteiger partial charge in [0, 0.05) is 6.08 Å². The van der Waals surface area contributed by atoms with Crippen LogP contribution in [0.5, 0.6) is 0 Å². The smallest absolute Gasteiger partial charge is 0.433 e. The summed E-state index contributed by atoms with van der Waals surface area (Å²) in [6.45, 7) is 0. The third kappa shape index (κ3) is 2.44. The monoisotopic (exact) mass is 183 g/mol. The number of carboxylic acids is 1. The molecule has 0 saturated heterocycles. The summed E-state index contributed by atoms with van der Waals surface area (Å²) in [7, 11) is 0. The molecule has 0 fully saturated rings. The summed E-state index contributed by atoms with van der Waals surface area (Å²) in [5.74, 6) is -1.42. The van der Waals surface area contributed by atoms with Crippen LogP contribution in [0.2, 0.25) is 0 Å². The lowest BCUT2D eigenvalue weighted by Gasteiger charge is -1.82. The molecule has 1 aromatic rings. The molecule has 1 N–H and O–H groups in total. The van der Waals surface area contributed by atoms with E-state index in [1.807, 2.05) is 0 Å². The Kier molecular flexibility index (Phi) is 2.44. The standard InChI is InChI=1S/C7H5NO5/c9-7(10)4-2-5-1-3-6(13-5)8(11)12/h1-4H,(H,9,10). The second kappa shape index (κ2) is 3.53. The molecule has 0 aromatic carbocycles. The maximum Gasteiger partial charge on any atom is 0.433 e. The molecule has 1 aromatic heterocycles. The minimum atomic E-state index is -1.14. The van der Waals surface area contributed by atoms with E-state index in [1.165, 1.54) is 6.07 Å². The Morgan fingerprint density at radius 2 is 2.31 bits per heavy atom. The molecular weight excluding hydrogens is 178 g/mol. The van der Waals surface area contributed by atoms with E-state index in [0.29, 0.717) is 0 Å². The average molecular weight is 183 g/mol. The fraction of sp³-hybridized carbons (Fsp3) is 0. The van der Waals surface area contributed by atoms with Crippen LogP contribution in [0.4, 0.5) is 5.88 Å². The third-order valence-corrected chi connectivity index (χ3v) is 1.18. The van der Waals surface area contributed by atoms with Gasteiger partial charge < -0.3 is 9.52 Å². The summed E-state index contributed by atoms with van der Waals surface area (Å²) >= 11 is 0. The Morgan fingerprint density at radius 1 is 1.62 bits per heavy atom. The predicted molar refractivity (Wildman–Crippen MR) is 42.0 cm³/mol. The minimum absolute atomic E-state index is 0.133. The molecule has 1 rings (SSSR count). The van der Waals surface area contributed by atoms with Crippen molar-refractivity contribution >= 4 is 17.9 Å². The lowest BCUT2D eigenvalue weighted by Crippen LogP contribution is -1.85. The van der Waals surface area contributed by atoms with Crippen molar-refractivity contribution in [2.45, 2.75) is 0 Å². The second-order valence-electron chi connectivity index (χ2n) is 2.10. The first-order valence-electron chi connectivity index (χ1n) is 3.25. The van der Waals surface area contributed by atoms with E-state index in [0.717, 1.165) is 18.2 Å². The Bertz CT molecular complexity index is 365.